The Morgan fingerprint density at radius 1 is 1.23 bits per heavy atom. The Bertz CT molecular complexity index is 840. The van der Waals surface area contributed by atoms with Crippen molar-refractivity contribution in [1.29, 1.82) is 0 Å². The summed E-state index contributed by atoms with van der Waals surface area (Å²) in [4.78, 5) is 0.287. The largest absolute Gasteiger partial charge is 0.494 e. The Morgan fingerprint density at radius 3 is 2.69 bits per heavy atom. The molecule has 0 radical (unpaired) electrons. The molecule has 3 rings (SSSR count). The predicted octanol–water partition coefficient (Wildman–Crippen LogP) is 4.96. The van der Waals surface area contributed by atoms with Gasteiger partial charge >= 0.3 is 0 Å². The van der Waals surface area contributed by atoms with E-state index in [0.717, 1.165) is 24.2 Å². The van der Waals surface area contributed by atoms with Crippen LogP contribution in [0, 0.1) is 0 Å². The van der Waals surface area contributed by atoms with E-state index in [1.54, 1.807) is 46.4 Å². The highest BCUT2D eigenvalue weighted by Crippen LogP contribution is 2.42. The number of hydrogen-bond acceptors (Lipinski definition) is 4. The minimum atomic E-state index is -3.58. The summed E-state index contributed by atoms with van der Waals surface area (Å²) in [6.07, 6.45) is 2.04. The smallest absolute Gasteiger partial charge is 0.244 e. The van der Waals surface area contributed by atoms with Gasteiger partial charge in [-0.15, -0.1) is 11.8 Å². The maximum atomic E-state index is 13.1. The second kappa shape index (κ2) is 8.65. The molecule has 1 unspecified atom stereocenters. The van der Waals surface area contributed by atoms with E-state index in [-0.39, 0.29) is 10.3 Å². The fourth-order valence-electron chi connectivity index (χ4n) is 2.80. The number of thioether (sulfide) groups is 1. The number of halogens is 1. The molecular weight excluding hydrogens is 390 g/mol. The van der Waals surface area contributed by atoms with Crippen molar-refractivity contribution in [2.24, 2.45) is 0 Å². The Balaban J connectivity index is 1.80. The summed E-state index contributed by atoms with van der Waals surface area (Å²) in [6, 6.07) is 14.1. The first kappa shape index (κ1) is 19.5. The zero-order valence-electron chi connectivity index (χ0n) is 14.6. The highest BCUT2D eigenvalue weighted by atomic mass is 35.5. The summed E-state index contributed by atoms with van der Waals surface area (Å²) in [5.41, 5.74) is 0.906. The van der Waals surface area contributed by atoms with Crippen molar-refractivity contribution >= 4 is 33.4 Å². The van der Waals surface area contributed by atoms with Crippen LogP contribution in [0.4, 0.5) is 0 Å². The maximum absolute atomic E-state index is 13.1. The quantitative estimate of drug-likeness (QED) is 0.604. The Labute approximate surface area is 164 Å². The van der Waals surface area contributed by atoms with Gasteiger partial charge in [0, 0.05) is 17.3 Å². The summed E-state index contributed by atoms with van der Waals surface area (Å²) >= 11 is 7.69. The first-order valence-corrected chi connectivity index (χ1v) is 11.5. The number of rotatable bonds is 7. The van der Waals surface area contributed by atoms with Gasteiger partial charge in [0.2, 0.25) is 10.0 Å². The number of benzene rings is 2. The van der Waals surface area contributed by atoms with E-state index in [0.29, 0.717) is 23.9 Å². The minimum absolute atomic E-state index is 0.251. The zero-order chi connectivity index (χ0) is 18.6. The maximum Gasteiger partial charge on any atom is 0.244 e. The molecule has 1 heterocycles. The number of sulfonamides is 1. The van der Waals surface area contributed by atoms with Crippen LogP contribution in [0.3, 0.4) is 0 Å². The number of hydrogen-bond donors (Lipinski definition) is 0. The summed E-state index contributed by atoms with van der Waals surface area (Å²) in [6.45, 7) is 3.23. The molecule has 2 aromatic carbocycles. The van der Waals surface area contributed by atoms with Crippen LogP contribution in [0.2, 0.25) is 5.02 Å². The molecule has 0 N–H and O–H groups in total. The van der Waals surface area contributed by atoms with Gasteiger partial charge < -0.3 is 4.74 Å². The van der Waals surface area contributed by atoms with E-state index in [2.05, 4.69) is 6.92 Å². The molecule has 140 valence electrons. The lowest BCUT2D eigenvalue weighted by molar-refractivity contribution is 0.309. The lowest BCUT2D eigenvalue weighted by Gasteiger charge is -2.23. The van der Waals surface area contributed by atoms with Crippen molar-refractivity contribution in [2.75, 3.05) is 18.9 Å². The molecule has 0 aliphatic carbocycles. The van der Waals surface area contributed by atoms with Gasteiger partial charge in [0.15, 0.2) is 0 Å². The Morgan fingerprint density at radius 2 is 2.00 bits per heavy atom. The fraction of sp³-hybridized carbons (Fsp3) is 0.368. The molecule has 4 nitrogen and oxygen atoms in total. The van der Waals surface area contributed by atoms with Crippen LogP contribution in [0.5, 0.6) is 5.75 Å². The van der Waals surface area contributed by atoms with Gasteiger partial charge in [-0.25, -0.2) is 8.42 Å². The molecule has 0 amide bonds. The van der Waals surface area contributed by atoms with Crippen molar-refractivity contribution < 1.29 is 13.2 Å². The molecule has 1 fully saturated rings. The normalized spacial score (nSPS) is 18.2. The molecule has 0 aromatic heterocycles. The van der Waals surface area contributed by atoms with Crippen LogP contribution in [0.1, 0.15) is 30.7 Å². The molecule has 1 aliphatic heterocycles. The van der Waals surface area contributed by atoms with Crippen LogP contribution < -0.4 is 4.74 Å². The van der Waals surface area contributed by atoms with Gasteiger partial charge in [-0.2, -0.15) is 4.31 Å². The van der Waals surface area contributed by atoms with Crippen LogP contribution in [0.25, 0.3) is 0 Å². The second-order valence-electron chi connectivity index (χ2n) is 6.07. The molecule has 0 bridgehead atoms. The van der Waals surface area contributed by atoms with Gasteiger partial charge in [0.25, 0.3) is 0 Å². The monoisotopic (exact) mass is 411 g/mol. The molecule has 1 aliphatic rings. The standard InChI is InChI=1S/C19H22ClNO3S2/c1-2-3-12-24-17-7-9-18(10-8-17)26(22,23)21-11-13-25-19(21)15-5-4-6-16(20)14-15/h4-10,14,19H,2-3,11-13H2,1H3. The Hall–Kier alpha value is -1.21. The third-order valence-electron chi connectivity index (χ3n) is 4.18. The van der Waals surface area contributed by atoms with Gasteiger partial charge in [0.1, 0.15) is 5.75 Å². The molecule has 0 saturated carbocycles. The van der Waals surface area contributed by atoms with Crippen molar-refractivity contribution in [2.45, 2.75) is 30.0 Å². The van der Waals surface area contributed by atoms with Crippen LogP contribution in [-0.4, -0.2) is 31.6 Å². The first-order valence-electron chi connectivity index (χ1n) is 8.64. The van der Waals surface area contributed by atoms with Crippen molar-refractivity contribution in [1.82, 2.24) is 4.31 Å². The molecule has 0 spiro atoms. The van der Waals surface area contributed by atoms with Crippen LogP contribution in [0.15, 0.2) is 53.4 Å². The zero-order valence-corrected chi connectivity index (χ0v) is 17.0. The second-order valence-corrected chi connectivity index (χ2v) is 9.58. The van der Waals surface area contributed by atoms with E-state index in [1.165, 1.54) is 0 Å². The molecule has 1 atom stereocenters. The summed E-state index contributed by atoms with van der Waals surface area (Å²) in [5, 5.41) is 0.361. The average molecular weight is 412 g/mol. The molecule has 7 heteroatoms. The van der Waals surface area contributed by atoms with Crippen LogP contribution >= 0.6 is 23.4 Å². The number of nitrogens with zero attached hydrogens (tertiary/aromatic N) is 1. The molecule has 1 saturated heterocycles. The van der Waals surface area contributed by atoms with Gasteiger partial charge in [-0.1, -0.05) is 37.1 Å². The van der Waals surface area contributed by atoms with E-state index in [9.17, 15) is 8.42 Å². The predicted molar refractivity (Wildman–Crippen MR) is 107 cm³/mol. The van der Waals surface area contributed by atoms with Crippen LogP contribution in [-0.2, 0) is 10.0 Å². The van der Waals surface area contributed by atoms with E-state index < -0.39 is 10.0 Å². The fourth-order valence-corrected chi connectivity index (χ4v) is 6.23. The van der Waals surface area contributed by atoms with E-state index >= 15 is 0 Å². The van der Waals surface area contributed by atoms with Gasteiger partial charge in [-0.3, -0.25) is 0 Å². The Kier molecular flexibility index (Phi) is 6.51. The third kappa shape index (κ3) is 4.36. The summed E-state index contributed by atoms with van der Waals surface area (Å²) < 4.78 is 33.4. The van der Waals surface area contributed by atoms with Crippen molar-refractivity contribution in [3.05, 3.63) is 59.1 Å². The average Bonchev–Trinajstić information content (AvgIpc) is 3.13. The third-order valence-corrected chi connectivity index (χ3v) is 7.69. The lowest BCUT2D eigenvalue weighted by Crippen LogP contribution is -2.30. The topological polar surface area (TPSA) is 46.6 Å². The van der Waals surface area contributed by atoms with Crippen molar-refractivity contribution in [3.63, 3.8) is 0 Å². The summed E-state index contributed by atoms with van der Waals surface area (Å²) in [5.74, 6) is 1.45. The highest BCUT2D eigenvalue weighted by molar-refractivity contribution is 8.01. The number of ether oxygens (including phenoxy) is 1. The van der Waals surface area contributed by atoms with E-state index in [4.69, 9.17) is 16.3 Å². The van der Waals surface area contributed by atoms with E-state index in [1.807, 2.05) is 18.2 Å². The summed E-state index contributed by atoms with van der Waals surface area (Å²) in [7, 11) is -3.58. The van der Waals surface area contributed by atoms with Crippen molar-refractivity contribution in [3.8, 4) is 5.75 Å². The van der Waals surface area contributed by atoms with Gasteiger partial charge in [-0.05, 0) is 48.4 Å². The molecule has 26 heavy (non-hydrogen) atoms. The van der Waals surface area contributed by atoms with Gasteiger partial charge in [0.05, 0.1) is 16.9 Å². The minimum Gasteiger partial charge on any atom is -0.494 e. The number of unbranched alkanes of at least 4 members (excludes halogenated alkanes) is 1. The molecular formula is C19H22ClNO3S2. The SMILES string of the molecule is CCCCOc1ccc(S(=O)(=O)N2CCSC2c2cccc(Cl)c2)cc1. The molecule has 2 aromatic rings. The lowest BCUT2D eigenvalue weighted by atomic mass is 10.2. The first-order chi connectivity index (χ1) is 12.5. The highest BCUT2D eigenvalue weighted by Gasteiger charge is 2.36.